The van der Waals surface area contributed by atoms with E-state index < -0.39 is 10.0 Å². The molecule has 0 bridgehead atoms. The lowest BCUT2D eigenvalue weighted by Crippen LogP contribution is -2.25. The van der Waals surface area contributed by atoms with Gasteiger partial charge in [0.2, 0.25) is 10.0 Å². The van der Waals surface area contributed by atoms with Crippen LogP contribution in [0.3, 0.4) is 0 Å². The van der Waals surface area contributed by atoms with Gasteiger partial charge in [-0.25, -0.2) is 18.4 Å². The van der Waals surface area contributed by atoms with E-state index >= 15 is 0 Å². The van der Waals surface area contributed by atoms with E-state index in [1.54, 1.807) is 0 Å². The molecule has 0 unspecified atom stereocenters. The van der Waals surface area contributed by atoms with Crippen molar-refractivity contribution in [1.29, 1.82) is 0 Å². The van der Waals surface area contributed by atoms with Gasteiger partial charge in [0.15, 0.2) is 0 Å². The first-order chi connectivity index (χ1) is 12.5. The summed E-state index contributed by atoms with van der Waals surface area (Å²) in [4.78, 5) is 8.61. The van der Waals surface area contributed by atoms with E-state index in [1.165, 1.54) is 10.6 Å². The molecule has 1 aliphatic heterocycles. The Morgan fingerprint density at radius 2 is 2.04 bits per heavy atom. The Bertz CT molecular complexity index is 1070. The molecule has 1 fully saturated rings. The van der Waals surface area contributed by atoms with E-state index in [4.69, 9.17) is 0 Å². The Hall–Kier alpha value is -2.19. The minimum Gasteiger partial charge on any atom is -0.365 e. The van der Waals surface area contributed by atoms with Gasteiger partial charge in [-0.2, -0.15) is 0 Å². The highest BCUT2D eigenvalue weighted by Crippen LogP contribution is 2.26. The molecule has 1 N–H and O–H groups in total. The average molecular weight is 433 g/mol. The van der Waals surface area contributed by atoms with Crippen LogP contribution in [0, 0.1) is 0 Å². The van der Waals surface area contributed by atoms with Gasteiger partial charge in [-0.1, -0.05) is 28.1 Å². The number of sulfonamides is 1. The SMILES string of the molecule is O=S1(=O)CCCN1c1cccc(CNc2ncnc3ccc(Br)cc23)c1. The molecular formula is C18H17BrN4O2S. The fourth-order valence-electron chi connectivity index (χ4n) is 3.11. The molecule has 134 valence electrons. The lowest BCUT2D eigenvalue weighted by molar-refractivity contribution is 0.599. The first-order valence-electron chi connectivity index (χ1n) is 8.26. The predicted octanol–water partition coefficient (Wildman–Crippen LogP) is 3.54. The van der Waals surface area contributed by atoms with Gasteiger partial charge in [0.1, 0.15) is 12.1 Å². The normalized spacial score (nSPS) is 16.1. The summed E-state index contributed by atoms with van der Waals surface area (Å²) >= 11 is 3.47. The van der Waals surface area contributed by atoms with E-state index in [1.807, 2.05) is 42.5 Å². The largest absolute Gasteiger partial charge is 0.365 e. The minimum atomic E-state index is -3.17. The zero-order valence-electron chi connectivity index (χ0n) is 13.9. The van der Waals surface area contributed by atoms with Crippen molar-refractivity contribution in [3.63, 3.8) is 0 Å². The molecule has 4 rings (SSSR count). The number of nitrogens with one attached hydrogen (secondary N) is 1. The van der Waals surface area contributed by atoms with Crippen LogP contribution in [-0.2, 0) is 16.6 Å². The number of nitrogens with zero attached hydrogens (tertiary/aromatic N) is 3. The van der Waals surface area contributed by atoms with Crippen molar-refractivity contribution in [1.82, 2.24) is 9.97 Å². The molecule has 0 radical (unpaired) electrons. The van der Waals surface area contributed by atoms with Crippen molar-refractivity contribution in [3.05, 3.63) is 58.8 Å². The maximum Gasteiger partial charge on any atom is 0.235 e. The summed E-state index contributed by atoms with van der Waals surface area (Å²) in [5.74, 6) is 0.965. The van der Waals surface area contributed by atoms with Gasteiger partial charge in [0, 0.05) is 22.9 Å². The second-order valence-corrected chi connectivity index (χ2v) is 9.08. The Balaban J connectivity index is 1.58. The van der Waals surface area contributed by atoms with Crippen LogP contribution in [0.4, 0.5) is 11.5 Å². The number of anilines is 2. The van der Waals surface area contributed by atoms with Crippen LogP contribution < -0.4 is 9.62 Å². The standard InChI is InChI=1S/C18H17BrN4O2S/c19-14-5-6-17-16(10-14)18(22-12-21-17)20-11-13-3-1-4-15(9-13)23-7-2-8-26(23,24)25/h1,3-6,9-10,12H,2,7-8,11H2,(H,20,21,22). The van der Waals surface area contributed by atoms with Crippen molar-refractivity contribution < 1.29 is 8.42 Å². The molecule has 6 nitrogen and oxygen atoms in total. The zero-order valence-corrected chi connectivity index (χ0v) is 16.3. The van der Waals surface area contributed by atoms with Gasteiger partial charge < -0.3 is 5.32 Å². The van der Waals surface area contributed by atoms with Crippen molar-refractivity contribution in [2.24, 2.45) is 0 Å². The number of hydrogen-bond donors (Lipinski definition) is 1. The summed E-state index contributed by atoms with van der Waals surface area (Å²) < 4.78 is 26.7. The third kappa shape index (κ3) is 3.39. The molecule has 0 spiro atoms. The lowest BCUT2D eigenvalue weighted by atomic mass is 10.2. The number of hydrogen-bond acceptors (Lipinski definition) is 5. The van der Waals surface area contributed by atoms with Crippen LogP contribution in [0.25, 0.3) is 10.9 Å². The first-order valence-corrected chi connectivity index (χ1v) is 10.7. The smallest absolute Gasteiger partial charge is 0.235 e. The monoisotopic (exact) mass is 432 g/mol. The Labute approximate surface area is 160 Å². The van der Waals surface area contributed by atoms with Gasteiger partial charge in [0.25, 0.3) is 0 Å². The van der Waals surface area contributed by atoms with Crippen molar-refractivity contribution in [2.75, 3.05) is 21.9 Å². The maximum absolute atomic E-state index is 12.1. The number of aromatic nitrogens is 2. The molecule has 8 heteroatoms. The fraction of sp³-hybridized carbons (Fsp3) is 0.222. The molecule has 1 aromatic heterocycles. The highest BCUT2D eigenvalue weighted by molar-refractivity contribution is 9.10. The summed E-state index contributed by atoms with van der Waals surface area (Å²) in [6.07, 6.45) is 2.21. The summed E-state index contributed by atoms with van der Waals surface area (Å²) in [5.41, 5.74) is 2.58. The number of rotatable bonds is 4. The molecule has 1 aliphatic rings. The molecule has 1 saturated heterocycles. The topological polar surface area (TPSA) is 75.2 Å². The zero-order chi connectivity index (χ0) is 18.1. The molecular weight excluding hydrogens is 416 g/mol. The van der Waals surface area contributed by atoms with Crippen LogP contribution in [0.1, 0.15) is 12.0 Å². The summed E-state index contributed by atoms with van der Waals surface area (Å²) in [6, 6.07) is 13.5. The first kappa shape index (κ1) is 17.2. The second-order valence-electron chi connectivity index (χ2n) is 6.15. The number of fused-ring (bicyclic) bond motifs is 1. The molecule has 0 aliphatic carbocycles. The van der Waals surface area contributed by atoms with E-state index in [-0.39, 0.29) is 5.75 Å². The van der Waals surface area contributed by atoms with E-state index in [0.29, 0.717) is 19.5 Å². The minimum absolute atomic E-state index is 0.220. The second kappa shape index (κ2) is 6.85. The van der Waals surface area contributed by atoms with Gasteiger partial charge in [0.05, 0.1) is 17.0 Å². The van der Waals surface area contributed by atoms with Crippen molar-refractivity contribution in [3.8, 4) is 0 Å². The van der Waals surface area contributed by atoms with Gasteiger partial charge in [-0.15, -0.1) is 0 Å². The van der Waals surface area contributed by atoms with Gasteiger partial charge in [-0.3, -0.25) is 4.31 Å². The predicted molar refractivity (Wildman–Crippen MR) is 107 cm³/mol. The highest BCUT2D eigenvalue weighted by atomic mass is 79.9. The maximum atomic E-state index is 12.1. The van der Waals surface area contributed by atoms with Crippen LogP contribution in [-0.4, -0.2) is 30.7 Å². The molecule has 2 heterocycles. The van der Waals surface area contributed by atoms with E-state index in [9.17, 15) is 8.42 Å². The molecule has 0 atom stereocenters. The molecule has 26 heavy (non-hydrogen) atoms. The summed E-state index contributed by atoms with van der Waals surface area (Å²) in [5, 5.41) is 4.26. The Morgan fingerprint density at radius 1 is 1.15 bits per heavy atom. The average Bonchev–Trinajstić information content (AvgIpc) is 2.99. The Morgan fingerprint density at radius 3 is 2.85 bits per heavy atom. The van der Waals surface area contributed by atoms with Crippen LogP contribution in [0.2, 0.25) is 0 Å². The Kier molecular flexibility index (Phi) is 4.54. The molecule has 3 aromatic rings. The third-order valence-corrected chi connectivity index (χ3v) is 6.72. The number of benzene rings is 2. The third-order valence-electron chi connectivity index (χ3n) is 4.36. The van der Waals surface area contributed by atoms with Crippen molar-refractivity contribution >= 4 is 48.4 Å². The van der Waals surface area contributed by atoms with E-state index in [0.717, 1.165) is 32.4 Å². The lowest BCUT2D eigenvalue weighted by Gasteiger charge is -2.18. The molecule has 0 amide bonds. The highest BCUT2D eigenvalue weighted by Gasteiger charge is 2.28. The van der Waals surface area contributed by atoms with Crippen LogP contribution in [0.5, 0.6) is 0 Å². The fourth-order valence-corrected chi connectivity index (χ4v) is 5.02. The van der Waals surface area contributed by atoms with E-state index in [2.05, 4.69) is 31.2 Å². The summed E-state index contributed by atoms with van der Waals surface area (Å²) in [7, 11) is -3.17. The molecule has 0 saturated carbocycles. The number of halogens is 1. The van der Waals surface area contributed by atoms with Crippen LogP contribution >= 0.6 is 15.9 Å². The quantitative estimate of drug-likeness (QED) is 0.681. The summed E-state index contributed by atoms with van der Waals surface area (Å²) in [6.45, 7) is 1.09. The molecule has 2 aromatic carbocycles. The van der Waals surface area contributed by atoms with Gasteiger partial charge in [-0.05, 0) is 42.3 Å². The van der Waals surface area contributed by atoms with Gasteiger partial charge >= 0.3 is 0 Å². The van der Waals surface area contributed by atoms with Crippen molar-refractivity contribution in [2.45, 2.75) is 13.0 Å². The van der Waals surface area contributed by atoms with Crippen LogP contribution in [0.15, 0.2) is 53.3 Å².